The van der Waals surface area contributed by atoms with E-state index >= 15 is 0 Å². The Labute approximate surface area is 236 Å². The van der Waals surface area contributed by atoms with Crippen LogP contribution in [0.2, 0.25) is 0 Å². The van der Waals surface area contributed by atoms with E-state index in [2.05, 4.69) is 46.8 Å². The van der Waals surface area contributed by atoms with Crippen LogP contribution in [0.1, 0.15) is 87.5 Å². The van der Waals surface area contributed by atoms with Gasteiger partial charge < -0.3 is 9.47 Å². The van der Waals surface area contributed by atoms with Gasteiger partial charge in [0.15, 0.2) is 11.6 Å². The Morgan fingerprint density at radius 2 is 1.69 bits per heavy atom. The minimum atomic E-state index is -1.21. The Hall–Kier alpha value is -3.25. The normalized spacial score (nSPS) is 22.1. The molecule has 6 heteroatoms. The van der Waals surface area contributed by atoms with Gasteiger partial charge in [-0.25, -0.2) is 4.79 Å². The van der Waals surface area contributed by atoms with Crippen molar-refractivity contribution >= 4 is 40.0 Å². The molecule has 5 rings (SSSR count). The molecule has 204 valence electrons. The first-order chi connectivity index (χ1) is 18.3. The van der Waals surface area contributed by atoms with Gasteiger partial charge in [-0.15, -0.1) is 0 Å². The number of hydrogen-bond acceptors (Lipinski definition) is 5. The van der Waals surface area contributed by atoms with Crippen molar-refractivity contribution in [3.63, 3.8) is 0 Å². The largest absolute Gasteiger partial charge is 0.464 e. The van der Waals surface area contributed by atoms with E-state index in [1.54, 1.807) is 13.0 Å². The van der Waals surface area contributed by atoms with E-state index in [1.165, 1.54) is 16.0 Å². The Morgan fingerprint density at radius 1 is 1.03 bits per heavy atom. The first-order valence-corrected chi connectivity index (χ1v) is 14.1. The van der Waals surface area contributed by atoms with E-state index < -0.39 is 17.6 Å². The van der Waals surface area contributed by atoms with Gasteiger partial charge in [-0.05, 0) is 89.3 Å². The Bertz CT molecular complexity index is 1500. The molecule has 0 spiro atoms. The molecule has 1 fully saturated rings. The number of carbonyl (C=O) groups excluding carboxylic acids is 2. The zero-order valence-electron chi connectivity index (χ0n) is 23.9. The average molecular weight is 544 g/mol. The fraction of sp³-hybridized carbons (Fsp3) is 0.424. The van der Waals surface area contributed by atoms with Gasteiger partial charge in [0, 0.05) is 11.1 Å². The van der Waals surface area contributed by atoms with Gasteiger partial charge >= 0.3 is 5.97 Å². The molecule has 2 atom stereocenters. The zero-order chi connectivity index (χ0) is 28.3. The van der Waals surface area contributed by atoms with Crippen molar-refractivity contribution in [2.24, 2.45) is 0 Å². The number of fused-ring (bicyclic) bond motifs is 2. The van der Waals surface area contributed by atoms with Crippen LogP contribution >= 0.6 is 12.2 Å². The van der Waals surface area contributed by atoms with Crippen molar-refractivity contribution in [1.29, 1.82) is 0 Å². The molecule has 1 heterocycles. The van der Waals surface area contributed by atoms with Gasteiger partial charge in [-0.2, -0.15) is 0 Å². The lowest BCUT2D eigenvalue weighted by Gasteiger charge is -2.34. The summed E-state index contributed by atoms with van der Waals surface area (Å²) >= 11 is 5.70. The minimum absolute atomic E-state index is 0.0131. The topological polar surface area (TPSA) is 55.8 Å². The number of hydrogen-bond donors (Lipinski definition) is 0. The molecule has 0 aromatic heterocycles. The smallest absolute Gasteiger partial charge is 0.333 e. The van der Waals surface area contributed by atoms with Crippen LogP contribution < -0.4 is 0 Å². The maximum absolute atomic E-state index is 14.1. The highest BCUT2D eigenvalue weighted by molar-refractivity contribution is 7.80. The lowest BCUT2D eigenvalue weighted by molar-refractivity contribution is -0.151. The van der Waals surface area contributed by atoms with E-state index in [9.17, 15) is 9.59 Å². The molecule has 2 aliphatic rings. The zero-order valence-corrected chi connectivity index (χ0v) is 24.7. The number of benzene rings is 3. The number of ether oxygens (including phenoxy) is 2. The maximum Gasteiger partial charge on any atom is 0.333 e. The summed E-state index contributed by atoms with van der Waals surface area (Å²) in [6, 6.07) is 16.7. The third-order valence-electron chi connectivity index (χ3n) is 8.38. The van der Waals surface area contributed by atoms with Crippen molar-refractivity contribution in [1.82, 2.24) is 4.90 Å². The van der Waals surface area contributed by atoms with Crippen LogP contribution in [0.15, 0.2) is 54.6 Å². The molecule has 0 N–H and O–H groups in total. The Morgan fingerprint density at radius 3 is 2.36 bits per heavy atom. The van der Waals surface area contributed by atoms with Crippen molar-refractivity contribution in [2.75, 3.05) is 6.61 Å². The van der Waals surface area contributed by atoms with Crippen LogP contribution in [0.4, 0.5) is 0 Å². The van der Waals surface area contributed by atoms with Crippen molar-refractivity contribution in [3.8, 4) is 0 Å². The molecule has 1 amide bonds. The van der Waals surface area contributed by atoms with E-state index in [1.807, 2.05) is 43.3 Å². The van der Waals surface area contributed by atoms with Crippen LogP contribution in [-0.4, -0.2) is 34.6 Å². The maximum atomic E-state index is 14.1. The van der Waals surface area contributed by atoms with Crippen LogP contribution in [0.5, 0.6) is 0 Å². The summed E-state index contributed by atoms with van der Waals surface area (Å²) in [7, 11) is 0. The van der Waals surface area contributed by atoms with Gasteiger partial charge in [0.05, 0.1) is 6.61 Å². The number of amides is 1. The van der Waals surface area contributed by atoms with Gasteiger partial charge in [0.25, 0.3) is 11.1 Å². The summed E-state index contributed by atoms with van der Waals surface area (Å²) < 4.78 is 12.0. The fourth-order valence-corrected chi connectivity index (χ4v) is 6.41. The highest BCUT2D eigenvalue weighted by atomic mass is 32.1. The van der Waals surface area contributed by atoms with E-state index in [0.29, 0.717) is 5.56 Å². The number of esters is 1. The molecule has 0 saturated carbocycles. The molecule has 1 saturated heterocycles. The van der Waals surface area contributed by atoms with Gasteiger partial charge in [-0.1, -0.05) is 77.1 Å². The summed E-state index contributed by atoms with van der Waals surface area (Å²) in [6.07, 6.45) is 1.86. The molecule has 5 nitrogen and oxygen atoms in total. The second kappa shape index (κ2) is 9.44. The Kier molecular flexibility index (Phi) is 6.61. The van der Waals surface area contributed by atoms with E-state index in [-0.39, 0.29) is 28.5 Å². The van der Waals surface area contributed by atoms with Crippen LogP contribution in [0.3, 0.4) is 0 Å². The fourth-order valence-electron chi connectivity index (χ4n) is 6.05. The van der Waals surface area contributed by atoms with Crippen molar-refractivity contribution < 1.29 is 19.1 Å². The summed E-state index contributed by atoms with van der Waals surface area (Å²) in [5.74, 6) is -0.905. The molecule has 39 heavy (non-hydrogen) atoms. The van der Waals surface area contributed by atoms with Crippen LogP contribution in [0, 0.1) is 0 Å². The summed E-state index contributed by atoms with van der Waals surface area (Å²) in [5.41, 5.74) is 3.59. The highest BCUT2D eigenvalue weighted by Gasteiger charge is 2.58. The minimum Gasteiger partial charge on any atom is -0.464 e. The SMILES string of the molecule is CCOC(=O)C1N(C(=O)c2ccc3ccccc3c2)C(=S)OC1(C)c1cc(C(C)(C)C)cc2c1CCC2(C)C. The molecule has 2 unspecified atom stereocenters. The highest BCUT2D eigenvalue weighted by Crippen LogP contribution is 2.49. The third kappa shape index (κ3) is 4.53. The first-order valence-electron chi connectivity index (χ1n) is 13.7. The average Bonchev–Trinajstić information content (AvgIpc) is 3.34. The predicted octanol–water partition coefficient (Wildman–Crippen LogP) is 6.97. The molecule has 3 aromatic rings. The van der Waals surface area contributed by atoms with Gasteiger partial charge in [0.2, 0.25) is 0 Å². The molecule has 0 bridgehead atoms. The predicted molar refractivity (Wildman–Crippen MR) is 158 cm³/mol. The van der Waals surface area contributed by atoms with Gasteiger partial charge in [0.1, 0.15) is 0 Å². The van der Waals surface area contributed by atoms with E-state index in [0.717, 1.165) is 34.7 Å². The van der Waals surface area contributed by atoms with Crippen LogP contribution in [-0.2, 0) is 37.1 Å². The second-order valence-corrected chi connectivity index (χ2v) is 12.9. The lowest BCUT2D eigenvalue weighted by Crippen LogP contribution is -2.51. The standard InChI is InChI=1S/C33H37NO4S/c1-8-37-29(36)27-33(7,26-19-23(31(2,3)4)18-25-24(26)15-16-32(25,5)6)38-30(39)34(27)28(35)22-14-13-20-11-9-10-12-21(20)17-22/h9-14,17-19,27H,8,15-16H2,1-7H3. The number of rotatable bonds is 4. The summed E-state index contributed by atoms with van der Waals surface area (Å²) in [4.78, 5) is 29.1. The van der Waals surface area contributed by atoms with Crippen molar-refractivity contribution in [2.45, 2.75) is 83.8 Å². The van der Waals surface area contributed by atoms with Gasteiger partial charge in [-0.3, -0.25) is 9.69 Å². The lowest BCUT2D eigenvalue weighted by atomic mass is 9.76. The van der Waals surface area contributed by atoms with Crippen molar-refractivity contribution in [3.05, 3.63) is 82.4 Å². The monoisotopic (exact) mass is 543 g/mol. The molecule has 1 aliphatic carbocycles. The molecular formula is C33H37NO4S. The molecule has 0 radical (unpaired) electrons. The molecular weight excluding hydrogens is 506 g/mol. The number of carbonyl (C=O) groups is 2. The Balaban J connectivity index is 1.68. The van der Waals surface area contributed by atoms with Crippen LogP contribution in [0.25, 0.3) is 10.8 Å². The first kappa shape index (κ1) is 27.3. The number of nitrogens with zero attached hydrogens (tertiary/aromatic N) is 1. The quantitative estimate of drug-likeness (QED) is 0.263. The van der Waals surface area contributed by atoms with E-state index in [4.69, 9.17) is 21.7 Å². The molecule has 3 aromatic carbocycles. The third-order valence-corrected chi connectivity index (χ3v) is 8.66. The summed E-state index contributed by atoms with van der Waals surface area (Å²) in [5, 5.41) is 1.95. The molecule has 1 aliphatic heterocycles. The summed E-state index contributed by atoms with van der Waals surface area (Å²) in [6.45, 7) is 14.9. The number of thiocarbonyl (C=S) groups is 1. The second-order valence-electron chi connectivity index (χ2n) is 12.6.